The molecule has 0 aromatic heterocycles. The molecular formula is C5H8O3. The molecule has 0 amide bonds. The molecule has 2 atom stereocenters. The number of hydrogen-bond donors (Lipinski definition) is 0. The van der Waals surface area contributed by atoms with E-state index in [-0.39, 0.29) is 12.4 Å². The zero-order chi connectivity index (χ0) is 5.98. The largest absolute Gasteiger partial charge is 0.350 e. The smallest absolute Gasteiger partial charge is 0.156 e. The molecule has 0 bridgehead atoms. The maximum Gasteiger partial charge on any atom is 0.156 e. The number of carbonyl (C=O) groups excluding carboxylic acids is 1. The first-order valence-corrected chi connectivity index (χ1v) is 2.55. The number of carbonyl (C=O) groups is 1. The Hall–Kier alpha value is -0.410. The lowest BCUT2D eigenvalue weighted by Gasteiger charge is -1.97. The van der Waals surface area contributed by atoms with Crippen molar-refractivity contribution in [3.05, 3.63) is 0 Å². The van der Waals surface area contributed by atoms with Gasteiger partial charge in [-0.3, -0.25) is 0 Å². The van der Waals surface area contributed by atoms with Gasteiger partial charge in [-0.2, -0.15) is 0 Å². The van der Waals surface area contributed by atoms with Crippen molar-refractivity contribution >= 4 is 6.29 Å². The molecule has 1 aliphatic rings. The van der Waals surface area contributed by atoms with E-state index in [4.69, 9.17) is 9.47 Å². The monoisotopic (exact) mass is 116 g/mol. The molecule has 0 radical (unpaired) electrons. The van der Waals surface area contributed by atoms with Crippen LogP contribution in [0, 0.1) is 0 Å². The van der Waals surface area contributed by atoms with Crippen LogP contribution >= 0.6 is 0 Å². The van der Waals surface area contributed by atoms with E-state index in [0.29, 0.717) is 6.61 Å². The highest BCUT2D eigenvalue weighted by molar-refractivity contribution is 5.56. The molecule has 1 rings (SSSR count). The summed E-state index contributed by atoms with van der Waals surface area (Å²) in [6.07, 6.45) is 0.221. The summed E-state index contributed by atoms with van der Waals surface area (Å²) in [5, 5.41) is 0. The van der Waals surface area contributed by atoms with Crippen molar-refractivity contribution in [2.24, 2.45) is 0 Å². The number of hydrogen-bond acceptors (Lipinski definition) is 3. The van der Waals surface area contributed by atoms with Gasteiger partial charge in [-0.25, -0.2) is 0 Å². The van der Waals surface area contributed by atoms with E-state index in [9.17, 15) is 4.79 Å². The Morgan fingerprint density at radius 3 is 2.75 bits per heavy atom. The zero-order valence-electron chi connectivity index (χ0n) is 4.66. The minimum Gasteiger partial charge on any atom is -0.350 e. The van der Waals surface area contributed by atoms with Crippen LogP contribution in [-0.4, -0.2) is 25.3 Å². The Morgan fingerprint density at radius 1 is 1.75 bits per heavy atom. The first kappa shape index (κ1) is 5.72. The number of aldehydes is 1. The van der Waals surface area contributed by atoms with Gasteiger partial charge in [0.25, 0.3) is 0 Å². The maximum atomic E-state index is 9.95. The van der Waals surface area contributed by atoms with E-state index in [1.807, 2.05) is 0 Å². The van der Waals surface area contributed by atoms with Crippen molar-refractivity contribution in [1.29, 1.82) is 0 Å². The van der Waals surface area contributed by atoms with Gasteiger partial charge < -0.3 is 14.3 Å². The van der Waals surface area contributed by atoms with Crippen LogP contribution in [-0.2, 0) is 14.3 Å². The summed E-state index contributed by atoms with van der Waals surface area (Å²) >= 11 is 0. The van der Waals surface area contributed by atoms with Gasteiger partial charge in [0.15, 0.2) is 12.6 Å². The SMILES string of the molecule is CC1OC[C@H](C=O)O1. The minimum atomic E-state index is -0.329. The molecule has 0 saturated carbocycles. The van der Waals surface area contributed by atoms with Crippen molar-refractivity contribution in [2.45, 2.75) is 19.3 Å². The van der Waals surface area contributed by atoms with Crippen LogP contribution in [0.25, 0.3) is 0 Å². The van der Waals surface area contributed by atoms with Gasteiger partial charge in [0, 0.05) is 0 Å². The molecule has 3 nitrogen and oxygen atoms in total. The summed E-state index contributed by atoms with van der Waals surface area (Å²) in [5.41, 5.74) is 0. The van der Waals surface area contributed by atoms with Crippen LogP contribution in [0.2, 0.25) is 0 Å². The van der Waals surface area contributed by atoms with E-state index in [1.165, 1.54) is 0 Å². The Bertz CT molecular complexity index is 91.7. The number of rotatable bonds is 1. The third-order valence-corrected chi connectivity index (χ3v) is 1.01. The van der Waals surface area contributed by atoms with Crippen LogP contribution in [0.4, 0.5) is 0 Å². The third-order valence-electron chi connectivity index (χ3n) is 1.01. The Morgan fingerprint density at radius 2 is 2.50 bits per heavy atom. The van der Waals surface area contributed by atoms with Gasteiger partial charge >= 0.3 is 0 Å². The molecular weight excluding hydrogens is 108 g/mol. The van der Waals surface area contributed by atoms with Crippen LogP contribution in [0.15, 0.2) is 0 Å². The van der Waals surface area contributed by atoms with Gasteiger partial charge in [0.2, 0.25) is 0 Å². The third kappa shape index (κ3) is 1.05. The van der Waals surface area contributed by atoms with E-state index in [0.717, 1.165) is 6.29 Å². The molecule has 0 aromatic rings. The zero-order valence-corrected chi connectivity index (χ0v) is 4.66. The fourth-order valence-corrected chi connectivity index (χ4v) is 0.626. The molecule has 46 valence electrons. The fourth-order valence-electron chi connectivity index (χ4n) is 0.626. The quantitative estimate of drug-likeness (QED) is 0.450. The predicted molar refractivity (Wildman–Crippen MR) is 26.4 cm³/mol. The van der Waals surface area contributed by atoms with E-state index in [1.54, 1.807) is 6.92 Å². The summed E-state index contributed by atoms with van der Waals surface area (Å²) in [6, 6.07) is 0. The van der Waals surface area contributed by atoms with Crippen LogP contribution in [0.5, 0.6) is 0 Å². The lowest BCUT2D eigenvalue weighted by atomic mass is 10.4. The van der Waals surface area contributed by atoms with E-state index in [2.05, 4.69) is 0 Å². The molecule has 0 aliphatic carbocycles. The summed E-state index contributed by atoms with van der Waals surface area (Å²) in [4.78, 5) is 9.95. The first-order valence-electron chi connectivity index (χ1n) is 2.55. The molecule has 8 heavy (non-hydrogen) atoms. The van der Waals surface area contributed by atoms with E-state index < -0.39 is 0 Å². The highest BCUT2D eigenvalue weighted by Gasteiger charge is 2.20. The molecule has 1 unspecified atom stereocenters. The van der Waals surface area contributed by atoms with Gasteiger partial charge in [-0.05, 0) is 6.92 Å². The lowest BCUT2D eigenvalue weighted by Crippen LogP contribution is -2.11. The summed E-state index contributed by atoms with van der Waals surface area (Å²) in [5.74, 6) is 0. The van der Waals surface area contributed by atoms with Crippen molar-refractivity contribution in [3.8, 4) is 0 Å². The van der Waals surface area contributed by atoms with E-state index >= 15 is 0 Å². The average Bonchev–Trinajstić information content (AvgIpc) is 2.14. The summed E-state index contributed by atoms with van der Waals surface area (Å²) in [7, 11) is 0. The van der Waals surface area contributed by atoms with Crippen LogP contribution < -0.4 is 0 Å². The van der Waals surface area contributed by atoms with Crippen molar-refractivity contribution in [2.75, 3.05) is 6.61 Å². The Kier molecular flexibility index (Phi) is 1.60. The molecule has 3 heteroatoms. The summed E-state index contributed by atoms with van der Waals surface area (Å²) in [6.45, 7) is 2.17. The molecule has 1 aliphatic heterocycles. The standard InChI is InChI=1S/C5H8O3/c1-4-7-3-5(2-6)8-4/h2,4-5H,3H2,1H3/t4?,5-/m0/s1. The second-order valence-corrected chi connectivity index (χ2v) is 1.71. The van der Waals surface area contributed by atoms with Gasteiger partial charge in [-0.15, -0.1) is 0 Å². The predicted octanol–water partition coefficient (Wildman–Crippen LogP) is -0.0533. The second-order valence-electron chi connectivity index (χ2n) is 1.71. The van der Waals surface area contributed by atoms with Crippen LogP contribution in [0.1, 0.15) is 6.92 Å². The van der Waals surface area contributed by atoms with Crippen molar-refractivity contribution < 1.29 is 14.3 Å². The summed E-state index contributed by atoms with van der Waals surface area (Å²) < 4.78 is 9.82. The van der Waals surface area contributed by atoms with Crippen molar-refractivity contribution in [3.63, 3.8) is 0 Å². The van der Waals surface area contributed by atoms with Gasteiger partial charge in [0.1, 0.15) is 6.10 Å². The molecule has 1 fully saturated rings. The topological polar surface area (TPSA) is 35.5 Å². The number of ether oxygens (including phenoxy) is 2. The lowest BCUT2D eigenvalue weighted by molar-refractivity contribution is -0.118. The molecule has 0 aromatic carbocycles. The Labute approximate surface area is 47.6 Å². The van der Waals surface area contributed by atoms with Gasteiger partial charge in [0.05, 0.1) is 6.61 Å². The maximum absolute atomic E-state index is 9.95. The molecule has 1 heterocycles. The first-order chi connectivity index (χ1) is 3.83. The highest BCUT2D eigenvalue weighted by Crippen LogP contribution is 2.07. The molecule has 0 spiro atoms. The fraction of sp³-hybridized carbons (Fsp3) is 0.800. The molecule has 1 saturated heterocycles. The Balaban J connectivity index is 2.32. The second kappa shape index (κ2) is 2.24. The average molecular weight is 116 g/mol. The minimum absolute atomic E-state index is 0.204. The highest BCUT2D eigenvalue weighted by atomic mass is 16.7. The van der Waals surface area contributed by atoms with Crippen molar-refractivity contribution in [1.82, 2.24) is 0 Å². The molecule has 0 N–H and O–H groups in total. The van der Waals surface area contributed by atoms with Gasteiger partial charge in [-0.1, -0.05) is 0 Å². The normalized spacial score (nSPS) is 37.6. The van der Waals surface area contributed by atoms with Crippen LogP contribution in [0.3, 0.4) is 0 Å².